The van der Waals surface area contributed by atoms with E-state index in [1.807, 2.05) is 5.10 Å². The van der Waals surface area contributed by atoms with Gasteiger partial charge in [-0.05, 0) is 13.8 Å². The lowest BCUT2D eigenvalue weighted by molar-refractivity contribution is 0.0469. The average Bonchev–Trinajstić information content (AvgIpc) is 2.11. The third-order valence-electron chi connectivity index (χ3n) is 0.961. The van der Waals surface area contributed by atoms with E-state index in [4.69, 9.17) is 0 Å². The fourth-order valence-electron chi connectivity index (χ4n) is 0.492. The van der Waals surface area contributed by atoms with Crippen molar-refractivity contribution in [3.63, 3.8) is 0 Å². The van der Waals surface area contributed by atoms with Gasteiger partial charge in [0.25, 0.3) is 0 Å². The van der Waals surface area contributed by atoms with Crippen LogP contribution in [0.5, 0.6) is 0 Å². The Kier molecular flexibility index (Phi) is 1.37. The van der Waals surface area contributed by atoms with Crippen LogP contribution < -0.4 is 5.76 Å². The van der Waals surface area contributed by atoms with Gasteiger partial charge in [0.1, 0.15) is 5.60 Å². The van der Waals surface area contributed by atoms with Gasteiger partial charge in [-0.25, -0.2) is 9.89 Å². The number of hydrogen-bond donors (Lipinski definition) is 2. The number of hydrogen-bond acceptors (Lipinski definition) is 4. The highest BCUT2D eigenvalue weighted by atomic mass is 16.4. The van der Waals surface area contributed by atoms with Crippen LogP contribution in [-0.2, 0) is 5.60 Å². The number of aliphatic hydroxyl groups is 1. The average molecular weight is 144 g/mol. The highest BCUT2D eigenvalue weighted by Gasteiger charge is 2.22. The molecule has 0 spiro atoms. The zero-order valence-corrected chi connectivity index (χ0v) is 5.71. The van der Waals surface area contributed by atoms with E-state index >= 15 is 0 Å². The van der Waals surface area contributed by atoms with E-state index in [0.717, 1.165) is 0 Å². The first kappa shape index (κ1) is 7.01. The molecule has 0 unspecified atom stereocenters. The fourth-order valence-corrected chi connectivity index (χ4v) is 0.492. The van der Waals surface area contributed by atoms with Crippen molar-refractivity contribution in [1.82, 2.24) is 10.2 Å². The molecule has 0 aromatic carbocycles. The predicted octanol–water partition coefficient (Wildman–Crippen LogP) is -0.410. The number of nitrogens with zero attached hydrogens (tertiary/aromatic N) is 1. The number of H-pyrrole nitrogens is 1. The summed E-state index contributed by atoms with van der Waals surface area (Å²) in [7, 11) is 0. The molecule has 2 N–H and O–H groups in total. The van der Waals surface area contributed by atoms with Crippen molar-refractivity contribution in [3.8, 4) is 0 Å². The minimum atomic E-state index is -1.20. The van der Waals surface area contributed by atoms with Gasteiger partial charge < -0.3 is 9.52 Å². The molecule has 0 aliphatic rings. The van der Waals surface area contributed by atoms with Gasteiger partial charge in [-0.2, -0.15) is 0 Å². The molecule has 10 heavy (non-hydrogen) atoms. The smallest absolute Gasteiger partial charge is 0.389 e. The maximum atomic E-state index is 10.3. The summed E-state index contributed by atoms with van der Waals surface area (Å²) < 4.78 is 4.48. The first-order valence-electron chi connectivity index (χ1n) is 2.78. The topological polar surface area (TPSA) is 79.1 Å². The molecule has 0 amide bonds. The van der Waals surface area contributed by atoms with Crippen molar-refractivity contribution in [2.45, 2.75) is 19.4 Å². The minimum Gasteiger partial charge on any atom is -0.389 e. The van der Waals surface area contributed by atoms with Crippen LogP contribution in [-0.4, -0.2) is 15.3 Å². The Morgan fingerprint density at radius 1 is 1.70 bits per heavy atom. The molecule has 0 bridgehead atoms. The fraction of sp³-hybridized carbons (Fsp3) is 0.600. The van der Waals surface area contributed by atoms with E-state index in [2.05, 4.69) is 9.52 Å². The molecule has 1 heterocycles. The van der Waals surface area contributed by atoms with Gasteiger partial charge >= 0.3 is 5.76 Å². The second kappa shape index (κ2) is 1.95. The van der Waals surface area contributed by atoms with Gasteiger partial charge in [0.05, 0.1) is 0 Å². The van der Waals surface area contributed by atoms with Gasteiger partial charge in [-0.15, -0.1) is 5.10 Å². The van der Waals surface area contributed by atoms with Crippen LogP contribution in [0.15, 0.2) is 9.21 Å². The second-order valence-corrected chi connectivity index (χ2v) is 2.48. The van der Waals surface area contributed by atoms with E-state index < -0.39 is 11.4 Å². The Hall–Kier alpha value is -1.10. The van der Waals surface area contributed by atoms with Crippen LogP contribution in [0.2, 0.25) is 0 Å². The number of nitrogens with one attached hydrogen (secondary N) is 1. The molecule has 1 aromatic rings. The second-order valence-electron chi connectivity index (χ2n) is 2.48. The van der Waals surface area contributed by atoms with E-state index in [1.54, 1.807) is 0 Å². The predicted molar refractivity (Wildman–Crippen MR) is 32.4 cm³/mol. The lowest BCUT2D eigenvalue weighted by Gasteiger charge is -2.09. The van der Waals surface area contributed by atoms with Crippen LogP contribution in [0.25, 0.3) is 0 Å². The quantitative estimate of drug-likeness (QED) is 0.561. The van der Waals surface area contributed by atoms with Crippen LogP contribution in [0.1, 0.15) is 19.7 Å². The van der Waals surface area contributed by atoms with E-state index in [1.165, 1.54) is 13.8 Å². The number of aromatic amines is 1. The lowest BCUT2D eigenvalue weighted by atomic mass is 10.1. The van der Waals surface area contributed by atoms with Crippen LogP contribution in [0.3, 0.4) is 0 Å². The Balaban J connectivity index is 3.07. The SMILES string of the molecule is CC(C)(O)c1n[nH]c(=O)o1. The van der Waals surface area contributed by atoms with Crippen molar-refractivity contribution in [3.05, 3.63) is 16.4 Å². The molecule has 5 nitrogen and oxygen atoms in total. The van der Waals surface area contributed by atoms with Crippen molar-refractivity contribution < 1.29 is 9.52 Å². The van der Waals surface area contributed by atoms with Crippen molar-refractivity contribution in [2.75, 3.05) is 0 Å². The van der Waals surface area contributed by atoms with Gasteiger partial charge in [0.15, 0.2) is 0 Å². The zero-order valence-electron chi connectivity index (χ0n) is 5.71. The molecule has 0 fully saturated rings. The van der Waals surface area contributed by atoms with Gasteiger partial charge in [-0.1, -0.05) is 0 Å². The summed E-state index contributed by atoms with van der Waals surface area (Å²) >= 11 is 0. The van der Waals surface area contributed by atoms with Crippen LogP contribution in [0.4, 0.5) is 0 Å². The molecule has 0 radical (unpaired) electrons. The highest BCUT2D eigenvalue weighted by molar-refractivity contribution is 4.87. The summed E-state index contributed by atoms with van der Waals surface area (Å²) in [5.74, 6) is -0.658. The summed E-state index contributed by atoms with van der Waals surface area (Å²) in [5, 5.41) is 14.7. The maximum absolute atomic E-state index is 10.3. The van der Waals surface area contributed by atoms with Crippen molar-refractivity contribution in [1.29, 1.82) is 0 Å². The summed E-state index contributed by atoms with van der Waals surface area (Å²) in [5.41, 5.74) is -1.20. The molecular weight excluding hydrogens is 136 g/mol. The van der Waals surface area contributed by atoms with Gasteiger partial charge in [0.2, 0.25) is 5.89 Å². The Morgan fingerprint density at radius 2 is 2.30 bits per heavy atom. The van der Waals surface area contributed by atoms with E-state index in [-0.39, 0.29) is 5.89 Å². The van der Waals surface area contributed by atoms with Crippen molar-refractivity contribution >= 4 is 0 Å². The van der Waals surface area contributed by atoms with Crippen molar-refractivity contribution in [2.24, 2.45) is 0 Å². The molecule has 0 atom stereocenters. The first-order valence-corrected chi connectivity index (χ1v) is 2.78. The molecule has 5 heteroatoms. The third kappa shape index (κ3) is 1.24. The first-order chi connectivity index (χ1) is 4.50. The number of rotatable bonds is 1. The summed E-state index contributed by atoms with van der Waals surface area (Å²) in [6.45, 7) is 2.96. The summed E-state index contributed by atoms with van der Waals surface area (Å²) in [6, 6.07) is 0. The number of aromatic nitrogens is 2. The van der Waals surface area contributed by atoms with Crippen LogP contribution in [0, 0.1) is 0 Å². The Bertz CT molecular complexity index is 267. The summed E-state index contributed by atoms with van der Waals surface area (Å²) in [4.78, 5) is 10.3. The summed E-state index contributed by atoms with van der Waals surface area (Å²) in [6.07, 6.45) is 0. The lowest BCUT2D eigenvalue weighted by Crippen LogP contribution is -2.15. The van der Waals surface area contributed by atoms with Gasteiger partial charge in [-0.3, -0.25) is 0 Å². The highest BCUT2D eigenvalue weighted by Crippen LogP contribution is 2.13. The van der Waals surface area contributed by atoms with Gasteiger partial charge in [0, 0.05) is 0 Å². The molecular formula is C5H8N2O3. The van der Waals surface area contributed by atoms with Crippen LogP contribution >= 0.6 is 0 Å². The minimum absolute atomic E-state index is 0.00231. The Morgan fingerprint density at radius 3 is 2.50 bits per heavy atom. The molecule has 0 saturated heterocycles. The molecule has 0 aliphatic carbocycles. The molecule has 1 aromatic heterocycles. The molecule has 56 valence electrons. The molecule has 0 saturated carbocycles. The molecule has 1 rings (SSSR count). The maximum Gasteiger partial charge on any atom is 0.434 e. The monoisotopic (exact) mass is 144 g/mol. The normalized spacial score (nSPS) is 11.9. The Labute approximate surface area is 56.7 Å². The largest absolute Gasteiger partial charge is 0.434 e. The van der Waals surface area contributed by atoms with E-state index in [0.29, 0.717) is 0 Å². The standard InChI is InChI=1S/C5H8N2O3/c1-5(2,9)3-6-7-4(8)10-3/h9H,1-2H3,(H,7,8). The zero-order chi connectivity index (χ0) is 7.78. The third-order valence-corrected chi connectivity index (χ3v) is 0.961. The van der Waals surface area contributed by atoms with E-state index in [9.17, 15) is 9.90 Å². The molecule has 0 aliphatic heterocycles.